The van der Waals surface area contributed by atoms with Crippen LogP contribution in [0.2, 0.25) is 0 Å². The van der Waals surface area contributed by atoms with E-state index >= 15 is 0 Å². The number of nitrogens with zero attached hydrogens (tertiary/aromatic N) is 4. The Balaban J connectivity index is 1.25. The molecule has 3 N–H and O–H groups in total. The molecule has 0 radical (unpaired) electrons. The van der Waals surface area contributed by atoms with Crippen molar-refractivity contribution in [1.29, 1.82) is 0 Å². The highest BCUT2D eigenvalue weighted by molar-refractivity contribution is 5.78. The summed E-state index contributed by atoms with van der Waals surface area (Å²) in [5.41, 5.74) is 0. The van der Waals surface area contributed by atoms with E-state index in [1.807, 2.05) is 12.3 Å². The lowest BCUT2D eigenvalue weighted by molar-refractivity contribution is -0.125. The van der Waals surface area contributed by atoms with Crippen molar-refractivity contribution in [2.24, 2.45) is 5.92 Å². The molecule has 0 aromatic carbocycles. The Bertz CT molecular complexity index is 802. The summed E-state index contributed by atoms with van der Waals surface area (Å²) in [6.07, 6.45) is 16.3. The minimum absolute atomic E-state index is 0.174. The minimum Gasteiger partial charge on any atom is -0.356 e. The molecular formula is C27H45N7O. The van der Waals surface area contributed by atoms with Crippen molar-refractivity contribution in [2.45, 2.75) is 95.2 Å². The van der Waals surface area contributed by atoms with Gasteiger partial charge in [-0.05, 0) is 83.5 Å². The average molecular weight is 484 g/mol. The lowest BCUT2D eigenvalue weighted by Crippen LogP contribution is -2.56. The van der Waals surface area contributed by atoms with E-state index in [0.717, 1.165) is 70.2 Å². The molecule has 0 spiro atoms. The molecule has 5 rings (SSSR count). The number of rotatable bonds is 8. The van der Waals surface area contributed by atoms with Gasteiger partial charge in [0.1, 0.15) is 5.82 Å². The molecule has 1 amide bonds. The van der Waals surface area contributed by atoms with Crippen LogP contribution in [0.15, 0.2) is 12.3 Å². The van der Waals surface area contributed by atoms with E-state index in [1.54, 1.807) is 0 Å². The van der Waals surface area contributed by atoms with Gasteiger partial charge in [-0.1, -0.05) is 19.3 Å². The fourth-order valence-electron chi connectivity index (χ4n) is 6.76. The van der Waals surface area contributed by atoms with Crippen molar-refractivity contribution in [1.82, 2.24) is 25.5 Å². The molecule has 8 heteroatoms. The van der Waals surface area contributed by atoms with Crippen LogP contribution in [0.1, 0.15) is 77.0 Å². The van der Waals surface area contributed by atoms with Crippen LogP contribution in [0.25, 0.3) is 0 Å². The molecule has 1 aromatic rings. The van der Waals surface area contributed by atoms with Crippen molar-refractivity contribution < 1.29 is 4.79 Å². The first-order chi connectivity index (χ1) is 17.3. The van der Waals surface area contributed by atoms with Crippen LogP contribution >= 0.6 is 0 Å². The van der Waals surface area contributed by atoms with E-state index in [-0.39, 0.29) is 11.8 Å². The summed E-state index contributed by atoms with van der Waals surface area (Å²) in [5, 5.41) is 10.4. The molecule has 4 heterocycles. The zero-order chi connectivity index (χ0) is 23.9. The molecular weight excluding hydrogens is 438 g/mol. The van der Waals surface area contributed by atoms with Crippen molar-refractivity contribution in [3.63, 3.8) is 0 Å². The van der Waals surface area contributed by atoms with E-state index in [2.05, 4.69) is 30.7 Å². The van der Waals surface area contributed by atoms with Crippen molar-refractivity contribution in [3.8, 4) is 0 Å². The lowest BCUT2D eigenvalue weighted by atomic mass is 9.87. The third-order valence-electron chi connectivity index (χ3n) is 8.70. The Hall–Kier alpha value is -1.93. The standard InChI is InChI=1S/C27H45N7O/c35-26(21-10-14-28-15-11-21)29-16-12-24-23(9-6-20-34(24)22-7-2-1-3-8-22)31-27-30-17-13-25(32-27)33-18-4-5-19-33/h13,17,21-24,28H,1-12,14-16,18-20H2,(H,29,35)(H,30,31,32)/t23-,24+/m0/s1. The molecule has 194 valence electrons. The van der Waals surface area contributed by atoms with Gasteiger partial charge < -0.3 is 20.9 Å². The first kappa shape index (κ1) is 24.8. The van der Waals surface area contributed by atoms with Gasteiger partial charge >= 0.3 is 0 Å². The molecule has 3 saturated heterocycles. The second-order valence-electron chi connectivity index (χ2n) is 11.0. The molecule has 4 aliphatic rings. The molecule has 2 atom stereocenters. The summed E-state index contributed by atoms with van der Waals surface area (Å²) in [5.74, 6) is 2.23. The van der Waals surface area contributed by atoms with Crippen LogP contribution in [-0.4, -0.2) is 78.2 Å². The topological polar surface area (TPSA) is 85.4 Å². The first-order valence-electron chi connectivity index (χ1n) is 14.4. The van der Waals surface area contributed by atoms with E-state index in [9.17, 15) is 4.79 Å². The predicted molar refractivity (Wildman–Crippen MR) is 141 cm³/mol. The zero-order valence-corrected chi connectivity index (χ0v) is 21.4. The van der Waals surface area contributed by atoms with Gasteiger partial charge in [-0.25, -0.2) is 4.98 Å². The number of hydrogen-bond acceptors (Lipinski definition) is 7. The van der Waals surface area contributed by atoms with Gasteiger partial charge in [0, 0.05) is 49.9 Å². The van der Waals surface area contributed by atoms with Crippen LogP contribution < -0.4 is 20.9 Å². The fraction of sp³-hybridized carbons (Fsp3) is 0.815. The van der Waals surface area contributed by atoms with Crippen LogP contribution in [0.5, 0.6) is 0 Å². The van der Waals surface area contributed by atoms with Crippen molar-refractivity contribution in [3.05, 3.63) is 12.3 Å². The van der Waals surface area contributed by atoms with Gasteiger partial charge in [0.25, 0.3) is 0 Å². The zero-order valence-electron chi connectivity index (χ0n) is 21.4. The first-order valence-corrected chi connectivity index (χ1v) is 14.4. The van der Waals surface area contributed by atoms with E-state index < -0.39 is 0 Å². The van der Waals surface area contributed by atoms with Gasteiger partial charge in [0.05, 0.1) is 0 Å². The number of carbonyl (C=O) groups excluding carboxylic acids is 1. The smallest absolute Gasteiger partial charge is 0.224 e. The van der Waals surface area contributed by atoms with Gasteiger partial charge in [-0.15, -0.1) is 0 Å². The molecule has 1 aliphatic carbocycles. The Labute approximate surface area is 211 Å². The fourth-order valence-corrected chi connectivity index (χ4v) is 6.76. The summed E-state index contributed by atoms with van der Waals surface area (Å²) in [4.78, 5) is 27.4. The molecule has 35 heavy (non-hydrogen) atoms. The third kappa shape index (κ3) is 6.45. The maximum atomic E-state index is 12.8. The predicted octanol–water partition coefficient (Wildman–Crippen LogP) is 3.16. The molecule has 1 aromatic heterocycles. The third-order valence-corrected chi connectivity index (χ3v) is 8.70. The Morgan fingerprint density at radius 3 is 2.57 bits per heavy atom. The Kier molecular flexibility index (Phi) is 8.73. The maximum Gasteiger partial charge on any atom is 0.224 e. The Morgan fingerprint density at radius 1 is 0.971 bits per heavy atom. The van der Waals surface area contributed by atoms with Crippen LogP contribution in [-0.2, 0) is 4.79 Å². The Morgan fingerprint density at radius 2 is 1.77 bits per heavy atom. The van der Waals surface area contributed by atoms with Crippen molar-refractivity contribution in [2.75, 3.05) is 49.5 Å². The second-order valence-corrected chi connectivity index (χ2v) is 11.0. The normalized spacial score (nSPS) is 27.1. The number of carbonyl (C=O) groups is 1. The summed E-state index contributed by atoms with van der Waals surface area (Å²) >= 11 is 0. The maximum absolute atomic E-state index is 12.8. The minimum atomic E-state index is 0.174. The number of anilines is 2. The summed E-state index contributed by atoms with van der Waals surface area (Å²) in [6, 6.07) is 3.43. The number of likely N-dealkylation sites (tertiary alicyclic amines) is 1. The quantitative estimate of drug-likeness (QED) is 0.524. The van der Waals surface area contributed by atoms with Crippen molar-refractivity contribution >= 4 is 17.7 Å². The van der Waals surface area contributed by atoms with E-state index in [0.29, 0.717) is 18.1 Å². The number of piperidine rings is 2. The molecule has 0 unspecified atom stereocenters. The van der Waals surface area contributed by atoms with E-state index in [4.69, 9.17) is 4.98 Å². The van der Waals surface area contributed by atoms with Crippen LogP contribution in [0, 0.1) is 5.92 Å². The van der Waals surface area contributed by atoms with Gasteiger partial charge in [-0.2, -0.15) is 4.98 Å². The highest BCUT2D eigenvalue weighted by atomic mass is 16.1. The highest BCUT2D eigenvalue weighted by Gasteiger charge is 2.36. The molecule has 8 nitrogen and oxygen atoms in total. The SMILES string of the molecule is O=C(NCC[C@@H]1[C@@H](Nc2nccc(N3CCCC3)n2)CCCN1C1CCCCC1)C1CCNCC1. The van der Waals surface area contributed by atoms with E-state index in [1.165, 1.54) is 57.9 Å². The molecule has 4 fully saturated rings. The summed E-state index contributed by atoms with van der Waals surface area (Å²) in [6.45, 7) is 6.02. The number of hydrogen-bond donors (Lipinski definition) is 3. The van der Waals surface area contributed by atoms with Gasteiger partial charge in [-0.3, -0.25) is 9.69 Å². The van der Waals surface area contributed by atoms with Crippen LogP contribution in [0.3, 0.4) is 0 Å². The lowest BCUT2D eigenvalue weighted by Gasteiger charge is -2.47. The largest absolute Gasteiger partial charge is 0.356 e. The molecule has 3 aliphatic heterocycles. The van der Waals surface area contributed by atoms with Crippen LogP contribution in [0.4, 0.5) is 11.8 Å². The number of amides is 1. The summed E-state index contributed by atoms with van der Waals surface area (Å²) < 4.78 is 0. The monoisotopic (exact) mass is 483 g/mol. The number of nitrogens with one attached hydrogen (secondary N) is 3. The second kappa shape index (κ2) is 12.3. The highest BCUT2D eigenvalue weighted by Crippen LogP contribution is 2.31. The average Bonchev–Trinajstić information content (AvgIpc) is 3.46. The molecule has 1 saturated carbocycles. The van der Waals surface area contributed by atoms with Gasteiger partial charge in [0.15, 0.2) is 0 Å². The van der Waals surface area contributed by atoms with Gasteiger partial charge in [0.2, 0.25) is 11.9 Å². The number of aromatic nitrogens is 2. The molecule has 0 bridgehead atoms. The summed E-state index contributed by atoms with van der Waals surface area (Å²) in [7, 11) is 0.